The fraction of sp³-hybridized carbons (Fsp3) is 0.385. The largest absolute Gasteiger partial charge is 0.300 e. The van der Waals surface area contributed by atoms with Gasteiger partial charge >= 0.3 is 0 Å². The molecule has 0 fully saturated rings. The van der Waals surface area contributed by atoms with Crippen molar-refractivity contribution in [3.63, 3.8) is 0 Å². The minimum absolute atomic E-state index is 0.514. The Morgan fingerprint density at radius 3 is 2.78 bits per heavy atom. The van der Waals surface area contributed by atoms with Gasteiger partial charge in [-0.15, -0.1) is 0 Å². The molecule has 1 N–H and O–H groups in total. The average Bonchev–Trinajstić information content (AvgIpc) is 2.60. The Morgan fingerprint density at radius 1 is 1.44 bits per heavy atom. The van der Waals surface area contributed by atoms with Crippen molar-refractivity contribution in [1.29, 1.82) is 0 Å². The SMILES string of the molecule is Cc1cc(Cl)ccc1-c1n[nH]c(=S)n1CC(C)C. The number of hydrogen-bond acceptors (Lipinski definition) is 2. The summed E-state index contributed by atoms with van der Waals surface area (Å²) in [7, 11) is 0. The highest BCUT2D eigenvalue weighted by Gasteiger charge is 2.12. The van der Waals surface area contributed by atoms with Crippen molar-refractivity contribution in [3.8, 4) is 11.4 Å². The molecule has 0 bridgehead atoms. The van der Waals surface area contributed by atoms with Crippen LogP contribution in [-0.4, -0.2) is 14.8 Å². The van der Waals surface area contributed by atoms with E-state index in [1.54, 1.807) is 0 Å². The van der Waals surface area contributed by atoms with Crippen molar-refractivity contribution < 1.29 is 0 Å². The minimum atomic E-state index is 0.514. The first-order chi connectivity index (χ1) is 8.49. The molecule has 18 heavy (non-hydrogen) atoms. The summed E-state index contributed by atoms with van der Waals surface area (Å²) >= 11 is 11.3. The molecule has 0 radical (unpaired) electrons. The van der Waals surface area contributed by atoms with Gasteiger partial charge in [0.25, 0.3) is 0 Å². The molecule has 0 unspecified atom stereocenters. The lowest BCUT2D eigenvalue weighted by Gasteiger charge is -2.11. The predicted molar refractivity (Wildman–Crippen MR) is 77.4 cm³/mol. The Morgan fingerprint density at radius 2 is 2.17 bits per heavy atom. The van der Waals surface area contributed by atoms with Crippen LogP contribution in [0.2, 0.25) is 5.02 Å². The molecule has 0 aliphatic heterocycles. The van der Waals surface area contributed by atoms with Crippen LogP contribution in [0.4, 0.5) is 0 Å². The molecule has 0 aliphatic rings. The summed E-state index contributed by atoms with van der Waals surface area (Å²) in [6.07, 6.45) is 0. The number of H-pyrrole nitrogens is 1. The van der Waals surface area contributed by atoms with Crippen molar-refractivity contribution in [2.75, 3.05) is 0 Å². The first kappa shape index (κ1) is 13.3. The van der Waals surface area contributed by atoms with Crippen LogP contribution in [0.15, 0.2) is 18.2 Å². The molecule has 5 heteroatoms. The second-order valence-electron chi connectivity index (χ2n) is 4.82. The van der Waals surface area contributed by atoms with Gasteiger partial charge in [-0.05, 0) is 48.8 Å². The summed E-state index contributed by atoms with van der Waals surface area (Å²) in [5.41, 5.74) is 2.16. The van der Waals surface area contributed by atoms with Gasteiger partial charge in [0.2, 0.25) is 0 Å². The summed E-state index contributed by atoms with van der Waals surface area (Å²) in [6, 6.07) is 5.80. The monoisotopic (exact) mass is 281 g/mol. The second-order valence-corrected chi connectivity index (χ2v) is 5.64. The van der Waals surface area contributed by atoms with E-state index in [0.29, 0.717) is 10.7 Å². The maximum atomic E-state index is 5.98. The van der Waals surface area contributed by atoms with E-state index in [4.69, 9.17) is 23.8 Å². The van der Waals surface area contributed by atoms with E-state index >= 15 is 0 Å². The van der Waals surface area contributed by atoms with Crippen LogP contribution < -0.4 is 0 Å². The van der Waals surface area contributed by atoms with Crippen molar-refractivity contribution in [2.24, 2.45) is 5.92 Å². The fourth-order valence-corrected chi connectivity index (χ4v) is 2.37. The summed E-state index contributed by atoms with van der Waals surface area (Å²) in [5, 5.41) is 7.93. The molecule has 96 valence electrons. The molecule has 2 rings (SSSR count). The van der Waals surface area contributed by atoms with Crippen LogP contribution in [0.1, 0.15) is 19.4 Å². The molecular weight excluding hydrogens is 266 g/mol. The Balaban J connectivity index is 2.54. The third kappa shape index (κ3) is 2.65. The van der Waals surface area contributed by atoms with Crippen LogP contribution >= 0.6 is 23.8 Å². The number of rotatable bonds is 3. The highest BCUT2D eigenvalue weighted by atomic mass is 35.5. The van der Waals surface area contributed by atoms with Crippen LogP contribution in [0.3, 0.4) is 0 Å². The van der Waals surface area contributed by atoms with Crippen molar-refractivity contribution in [1.82, 2.24) is 14.8 Å². The number of hydrogen-bond donors (Lipinski definition) is 1. The summed E-state index contributed by atoms with van der Waals surface area (Å²) in [4.78, 5) is 0. The minimum Gasteiger partial charge on any atom is -0.300 e. The lowest BCUT2D eigenvalue weighted by molar-refractivity contribution is 0.521. The van der Waals surface area contributed by atoms with Crippen molar-refractivity contribution in [3.05, 3.63) is 33.6 Å². The molecule has 0 atom stereocenters. The first-order valence-corrected chi connectivity index (χ1v) is 6.69. The number of aromatic amines is 1. The maximum Gasteiger partial charge on any atom is 0.195 e. The average molecular weight is 282 g/mol. The van der Waals surface area contributed by atoms with E-state index in [-0.39, 0.29) is 0 Å². The lowest BCUT2D eigenvalue weighted by atomic mass is 10.1. The van der Waals surface area contributed by atoms with Gasteiger partial charge in [0.05, 0.1) is 0 Å². The quantitative estimate of drug-likeness (QED) is 0.855. The zero-order valence-corrected chi connectivity index (χ0v) is 12.3. The highest BCUT2D eigenvalue weighted by Crippen LogP contribution is 2.25. The molecule has 1 heterocycles. The van der Waals surface area contributed by atoms with E-state index in [1.165, 1.54) is 0 Å². The highest BCUT2D eigenvalue weighted by molar-refractivity contribution is 7.71. The first-order valence-electron chi connectivity index (χ1n) is 5.90. The van der Waals surface area contributed by atoms with Crippen molar-refractivity contribution >= 4 is 23.8 Å². The number of halogens is 1. The van der Waals surface area contributed by atoms with E-state index in [0.717, 1.165) is 28.5 Å². The summed E-state index contributed by atoms with van der Waals surface area (Å²) in [5.74, 6) is 1.39. The number of nitrogens with one attached hydrogen (secondary N) is 1. The topological polar surface area (TPSA) is 33.6 Å². The smallest absolute Gasteiger partial charge is 0.195 e. The molecule has 3 nitrogen and oxygen atoms in total. The maximum absolute atomic E-state index is 5.98. The van der Waals surface area contributed by atoms with Gasteiger partial charge in [0.15, 0.2) is 10.6 Å². The zero-order valence-electron chi connectivity index (χ0n) is 10.7. The van der Waals surface area contributed by atoms with Gasteiger partial charge in [-0.25, -0.2) is 0 Å². The van der Waals surface area contributed by atoms with Gasteiger partial charge in [-0.2, -0.15) is 5.10 Å². The van der Waals surface area contributed by atoms with E-state index in [9.17, 15) is 0 Å². The number of aryl methyl sites for hydroxylation is 1. The van der Waals surface area contributed by atoms with Gasteiger partial charge in [0.1, 0.15) is 0 Å². The van der Waals surface area contributed by atoms with Crippen LogP contribution in [-0.2, 0) is 6.54 Å². The molecule has 2 aromatic rings. The van der Waals surface area contributed by atoms with Gasteiger partial charge in [-0.1, -0.05) is 25.4 Å². The predicted octanol–water partition coefficient (Wildman–Crippen LogP) is 4.23. The molecule has 0 saturated carbocycles. The Labute approximate surface area is 117 Å². The summed E-state index contributed by atoms with van der Waals surface area (Å²) in [6.45, 7) is 7.20. The van der Waals surface area contributed by atoms with Crippen LogP contribution in [0.25, 0.3) is 11.4 Å². The Hall–Kier alpha value is -1.13. The molecular formula is C13H16ClN3S. The van der Waals surface area contributed by atoms with Crippen molar-refractivity contribution in [2.45, 2.75) is 27.3 Å². The fourth-order valence-electron chi connectivity index (χ4n) is 1.94. The standard InChI is InChI=1S/C13H16ClN3S/c1-8(2)7-17-12(15-16-13(17)18)11-5-4-10(14)6-9(11)3/h4-6,8H,7H2,1-3H3,(H,16,18). The Bertz CT molecular complexity index is 613. The molecule has 0 amide bonds. The van der Waals surface area contributed by atoms with Gasteiger partial charge in [-0.3, -0.25) is 9.67 Å². The zero-order chi connectivity index (χ0) is 13.3. The molecule has 1 aromatic heterocycles. The van der Waals surface area contributed by atoms with Crippen LogP contribution in [0, 0.1) is 17.6 Å². The number of aromatic nitrogens is 3. The summed E-state index contributed by atoms with van der Waals surface area (Å²) < 4.78 is 2.70. The molecule has 0 saturated heterocycles. The molecule has 0 spiro atoms. The number of nitrogens with zero attached hydrogens (tertiary/aromatic N) is 2. The third-order valence-corrected chi connectivity index (χ3v) is 3.28. The molecule has 1 aromatic carbocycles. The normalized spacial score (nSPS) is 11.2. The second kappa shape index (κ2) is 5.24. The number of benzene rings is 1. The third-order valence-electron chi connectivity index (χ3n) is 2.74. The lowest BCUT2D eigenvalue weighted by Crippen LogP contribution is -2.06. The van der Waals surface area contributed by atoms with E-state index in [2.05, 4.69) is 24.0 Å². The van der Waals surface area contributed by atoms with E-state index < -0.39 is 0 Å². The Kier molecular flexibility index (Phi) is 3.88. The van der Waals surface area contributed by atoms with E-state index in [1.807, 2.05) is 29.7 Å². The molecule has 0 aliphatic carbocycles. The van der Waals surface area contributed by atoms with Crippen LogP contribution in [0.5, 0.6) is 0 Å². The van der Waals surface area contributed by atoms with Gasteiger partial charge in [0, 0.05) is 17.1 Å². The van der Waals surface area contributed by atoms with Gasteiger partial charge < -0.3 is 0 Å².